The number of hydrogen-bond acceptors (Lipinski definition) is 1. The topological polar surface area (TPSA) is 12.0 Å². The summed E-state index contributed by atoms with van der Waals surface area (Å²) >= 11 is 2.38. The Hall–Kier alpha value is -0.350. The summed E-state index contributed by atoms with van der Waals surface area (Å²) in [7, 11) is 2.00. The number of rotatable bonds is 4. The molecule has 0 bridgehead atoms. The average Bonchev–Trinajstić information content (AvgIpc) is 2.15. The zero-order valence-corrected chi connectivity index (χ0v) is 10.8. The minimum absolute atomic E-state index is 0.389. The molecule has 0 aliphatic carbocycles. The molecular weight excluding hydrogens is 285 g/mol. The summed E-state index contributed by atoms with van der Waals surface area (Å²) in [5.41, 5.74) is 2.57. The van der Waals surface area contributed by atoms with Crippen molar-refractivity contribution in [3.05, 3.63) is 45.6 Å². The van der Waals surface area contributed by atoms with Crippen molar-refractivity contribution in [3.63, 3.8) is 0 Å². The summed E-state index contributed by atoms with van der Waals surface area (Å²) in [6.07, 6.45) is 0.997. The molecule has 0 radical (unpaired) electrons. The minimum atomic E-state index is 0.389. The second-order valence-corrected chi connectivity index (χ2v) is 4.69. The van der Waals surface area contributed by atoms with E-state index in [1.54, 1.807) is 0 Å². The zero-order chi connectivity index (χ0) is 10.6. The van der Waals surface area contributed by atoms with E-state index in [1.165, 1.54) is 14.7 Å². The van der Waals surface area contributed by atoms with Gasteiger partial charge < -0.3 is 5.32 Å². The van der Waals surface area contributed by atoms with Crippen LogP contribution in [0.5, 0.6) is 0 Å². The predicted octanol–water partition coefficient (Wildman–Crippen LogP) is 3.52. The summed E-state index contributed by atoms with van der Waals surface area (Å²) in [6, 6.07) is 8.85. The highest BCUT2D eigenvalue weighted by atomic mass is 127. The van der Waals surface area contributed by atoms with Crippen LogP contribution in [-0.4, -0.2) is 7.05 Å². The maximum Gasteiger partial charge on any atom is 0.0365 e. The highest BCUT2D eigenvalue weighted by Crippen LogP contribution is 2.24. The first-order valence-corrected chi connectivity index (χ1v) is 5.79. The van der Waals surface area contributed by atoms with Gasteiger partial charge in [-0.05, 0) is 54.6 Å². The number of halogens is 1. The molecule has 76 valence electrons. The van der Waals surface area contributed by atoms with Crippen molar-refractivity contribution in [3.8, 4) is 0 Å². The van der Waals surface area contributed by atoms with Crippen molar-refractivity contribution < 1.29 is 0 Å². The third kappa shape index (κ3) is 3.10. The van der Waals surface area contributed by atoms with Crippen molar-refractivity contribution in [2.75, 3.05) is 7.05 Å². The van der Waals surface area contributed by atoms with E-state index in [1.807, 2.05) is 7.05 Å². The van der Waals surface area contributed by atoms with Gasteiger partial charge in [0.15, 0.2) is 0 Å². The summed E-state index contributed by atoms with van der Waals surface area (Å²) in [6.45, 7) is 6.03. The van der Waals surface area contributed by atoms with Gasteiger partial charge in [-0.2, -0.15) is 0 Å². The molecule has 1 N–H and O–H groups in total. The van der Waals surface area contributed by atoms with Crippen LogP contribution in [0.1, 0.15) is 24.9 Å². The Morgan fingerprint density at radius 3 is 2.64 bits per heavy atom. The molecule has 0 saturated carbocycles. The molecule has 0 heterocycles. The highest BCUT2D eigenvalue weighted by Gasteiger charge is 2.11. The summed E-state index contributed by atoms with van der Waals surface area (Å²) in [4.78, 5) is 0. The van der Waals surface area contributed by atoms with E-state index < -0.39 is 0 Å². The van der Waals surface area contributed by atoms with E-state index >= 15 is 0 Å². The van der Waals surface area contributed by atoms with E-state index in [4.69, 9.17) is 0 Å². The number of benzene rings is 1. The van der Waals surface area contributed by atoms with E-state index in [9.17, 15) is 0 Å². The van der Waals surface area contributed by atoms with Gasteiger partial charge in [0.2, 0.25) is 0 Å². The fourth-order valence-electron chi connectivity index (χ4n) is 1.47. The monoisotopic (exact) mass is 301 g/mol. The average molecular weight is 301 g/mol. The minimum Gasteiger partial charge on any atom is -0.313 e. The van der Waals surface area contributed by atoms with Crippen LogP contribution in [0, 0.1) is 3.57 Å². The van der Waals surface area contributed by atoms with E-state index in [-0.39, 0.29) is 0 Å². The molecule has 1 unspecified atom stereocenters. The third-order valence-corrected chi connectivity index (χ3v) is 3.16. The Balaban J connectivity index is 2.89. The van der Waals surface area contributed by atoms with Crippen LogP contribution in [0.2, 0.25) is 0 Å². The summed E-state index contributed by atoms with van der Waals surface area (Å²) in [5.74, 6) is 0. The van der Waals surface area contributed by atoms with Crippen molar-refractivity contribution in [1.29, 1.82) is 0 Å². The molecule has 1 aromatic carbocycles. The number of nitrogens with one attached hydrogen (secondary N) is 1. The van der Waals surface area contributed by atoms with Gasteiger partial charge in [0.1, 0.15) is 0 Å². The SMILES string of the molecule is C=C(C)CC(NC)c1ccccc1I. The predicted molar refractivity (Wildman–Crippen MR) is 70.4 cm³/mol. The van der Waals surface area contributed by atoms with E-state index in [2.05, 4.69) is 65.7 Å². The highest BCUT2D eigenvalue weighted by molar-refractivity contribution is 14.1. The van der Waals surface area contributed by atoms with Gasteiger partial charge in [0.05, 0.1) is 0 Å². The second-order valence-electron chi connectivity index (χ2n) is 3.52. The van der Waals surface area contributed by atoms with Gasteiger partial charge in [-0.25, -0.2) is 0 Å². The zero-order valence-electron chi connectivity index (χ0n) is 8.68. The molecule has 0 fully saturated rings. The van der Waals surface area contributed by atoms with Gasteiger partial charge in [-0.15, -0.1) is 6.58 Å². The van der Waals surface area contributed by atoms with Crippen LogP contribution in [0.3, 0.4) is 0 Å². The van der Waals surface area contributed by atoms with E-state index in [0.717, 1.165) is 6.42 Å². The van der Waals surface area contributed by atoms with E-state index in [0.29, 0.717) is 6.04 Å². The molecule has 0 amide bonds. The lowest BCUT2D eigenvalue weighted by Crippen LogP contribution is -2.17. The van der Waals surface area contributed by atoms with Crippen LogP contribution in [0.15, 0.2) is 36.4 Å². The summed E-state index contributed by atoms with van der Waals surface area (Å²) in [5, 5.41) is 3.32. The molecule has 0 aromatic heterocycles. The normalized spacial score (nSPS) is 12.5. The van der Waals surface area contributed by atoms with Crippen LogP contribution >= 0.6 is 22.6 Å². The molecule has 0 spiro atoms. The van der Waals surface area contributed by atoms with Crippen LogP contribution in [0.4, 0.5) is 0 Å². The van der Waals surface area contributed by atoms with Crippen molar-refractivity contribution in [1.82, 2.24) is 5.32 Å². The first-order valence-electron chi connectivity index (χ1n) is 4.71. The van der Waals surface area contributed by atoms with Gasteiger partial charge in [-0.1, -0.05) is 23.8 Å². The lowest BCUT2D eigenvalue weighted by Gasteiger charge is -2.18. The Labute approximate surface area is 99.7 Å². The van der Waals surface area contributed by atoms with Crippen molar-refractivity contribution >= 4 is 22.6 Å². The first-order chi connectivity index (χ1) is 6.65. The Bertz CT molecular complexity index is 320. The maximum absolute atomic E-state index is 3.96. The lowest BCUT2D eigenvalue weighted by atomic mass is 10.0. The Morgan fingerprint density at radius 2 is 2.14 bits per heavy atom. The quantitative estimate of drug-likeness (QED) is 0.663. The van der Waals surface area contributed by atoms with Gasteiger partial charge >= 0.3 is 0 Å². The molecule has 2 heteroatoms. The number of hydrogen-bond donors (Lipinski definition) is 1. The second kappa shape index (κ2) is 5.51. The molecule has 1 rings (SSSR count). The molecule has 0 saturated heterocycles. The molecular formula is C12H16IN. The molecule has 0 aliphatic heterocycles. The van der Waals surface area contributed by atoms with Gasteiger partial charge in [-0.3, -0.25) is 0 Å². The maximum atomic E-state index is 3.96. The standard InChI is InChI=1S/C12H16IN/c1-9(2)8-12(14-3)10-6-4-5-7-11(10)13/h4-7,12,14H,1,8H2,2-3H3. The Morgan fingerprint density at radius 1 is 1.50 bits per heavy atom. The molecule has 14 heavy (non-hydrogen) atoms. The molecule has 1 nitrogen and oxygen atoms in total. The summed E-state index contributed by atoms with van der Waals surface area (Å²) < 4.78 is 1.31. The lowest BCUT2D eigenvalue weighted by molar-refractivity contribution is 0.587. The largest absolute Gasteiger partial charge is 0.313 e. The Kier molecular flexibility index (Phi) is 4.62. The molecule has 1 atom stereocenters. The smallest absolute Gasteiger partial charge is 0.0365 e. The fourth-order valence-corrected chi connectivity index (χ4v) is 2.24. The first kappa shape index (κ1) is 11.7. The van der Waals surface area contributed by atoms with Gasteiger partial charge in [0, 0.05) is 9.61 Å². The molecule has 0 aliphatic rings. The van der Waals surface area contributed by atoms with Gasteiger partial charge in [0.25, 0.3) is 0 Å². The van der Waals surface area contributed by atoms with Crippen LogP contribution < -0.4 is 5.32 Å². The molecule has 1 aromatic rings. The van der Waals surface area contributed by atoms with Crippen molar-refractivity contribution in [2.45, 2.75) is 19.4 Å². The van der Waals surface area contributed by atoms with Crippen molar-refractivity contribution in [2.24, 2.45) is 0 Å². The van der Waals surface area contributed by atoms with Crippen LogP contribution in [-0.2, 0) is 0 Å². The fraction of sp³-hybridized carbons (Fsp3) is 0.333. The van der Waals surface area contributed by atoms with Crippen LogP contribution in [0.25, 0.3) is 0 Å². The third-order valence-electron chi connectivity index (χ3n) is 2.18.